The lowest BCUT2D eigenvalue weighted by Crippen LogP contribution is -2.24. The van der Waals surface area contributed by atoms with Crippen molar-refractivity contribution in [2.45, 2.75) is 30.8 Å². The third kappa shape index (κ3) is 4.12. The maximum absolute atomic E-state index is 13.1. The fourth-order valence-corrected chi connectivity index (χ4v) is 4.59. The lowest BCUT2D eigenvalue weighted by atomic mass is 10.1. The molecule has 136 valence electrons. The Hall–Kier alpha value is -2.44. The molecule has 0 amide bonds. The molecule has 0 unspecified atom stereocenters. The monoisotopic (exact) mass is 393 g/mol. The summed E-state index contributed by atoms with van der Waals surface area (Å²) in [5, 5.41) is 4.54. The van der Waals surface area contributed by atoms with Crippen molar-refractivity contribution < 1.29 is 0 Å². The number of aryl methyl sites for hydroxylation is 2. The first-order valence-corrected chi connectivity index (χ1v) is 10.6. The molecule has 4 rings (SSSR count). The molecule has 2 aromatic carbocycles. The number of rotatable bonds is 6. The van der Waals surface area contributed by atoms with Gasteiger partial charge in [-0.3, -0.25) is 9.36 Å². The van der Waals surface area contributed by atoms with Crippen LogP contribution < -0.4 is 5.56 Å². The summed E-state index contributed by atoms with van der Waals surface area (Å²) in [4.78, 5) is 22.4. The van der Waals surface area contributed by atoms with Crippen LogP contribution in [0.3, 0.4) is 0 Å². The van der Waals surface area contributed by atoms with Crippen LogP contribution in [0.1, 0.15) is 16.3 Å². The summed E-state index contributed by atoms with van der Waals surface area (Å²) in [5.41, 5.74) is 3.01. The summed E-state index contributed by atoms with van der Waals surface area (Å²) in [7, 11) is 0. The van der Waals surface area contributed by atoms with E-state index in [2.05, 4.69) is 22.5 Å². The maximum atomic E-state index is 13.1. The van der Waals surface area contributed by atoms with Crippen molar-refractivity contribution in [3.8, 4) is 0 Å². The average Bonchev–Trinajstić information content (AvgIpc) is 3.12. The molecular formula is C21H19N3OS2. The normalized spacial score (nSPS) is 11.1. The highest BCUT2D eigenvalue weighted by Crippen LogP contribution is 2.23. The minimum Gasteiger partial charge on any atom is -0.287 e. The molecule has 2 heterocycles. The van der Waals surface area contributed by atoms with E-state index in [0.717, 1.165) is 27.8 Å². The fraction of sp³-hybridized carbons (Fsp3) is 0.190. The third-order valence-electron chi connectivity index (χ3n) is 4.31. The number of hydrogen-bond acceptors (Lipinski definition) is 5. The topological polar surface area (TPSA) is 47.8 Å². The Kier molecular flexibility index (Phi) is 5.36. The molecule has 0 spiro atoms. The van der Waals surface area contributed by atoms with E-state index in [9.17, 15) is 4.79 Å². The number of thiazole rings is 1. The van der Waals surface area contributed by atoms with Crippen molar-refractivity contribution in [1.82, 2.24) is 14.5 Å². The SMILES string of the molecule is Cc1nc(CSc2nc3ccccc3c(=O)n2CCc2ccccc2)cs1. The van der Waals surface area contributed by atoms with Gasteiger partial charge in [-0.25, -0.2) is 9.97 Å². The minimum atomic E-state index is 0.0217. The van der Waals surface area contributed by atoms with Gasteiger partial charge in [0, 0.05) is 17.7 Å². The van der Waals surface area contributed by atoms with E-state index >= 15 is 0 Å². The highest BCUT2D eigenvalue weighted by molar-refractivity contribution is 7.98. The number of nitrogens with zero attached hydrogens (tertiary/aromatic N) is 3. The molecule has 0 aliphatic rings. The first kappa shape index (κ1) is 17.9. The largest absolute Gasteiger partial charge is 0.287 e. The number of para-hydroxylation sites is 1. The van der Waals surface area contributed by atoms with Gasteiger partial charge in [0.05, 0.1) is 21.6 Å². The number of hydrogen-bond donors (Lipinski definition) is 0. The number of aromatic nitrogens is 3. The summed E-state index contributed by atoms with van der Waals surface area (Å²) < 4.78 is 1.80. The van der Waals surface area contributed by atoms with Gasteiger partial charge in [-0.05, 0) is 31.0 Å². The smallest absolute Gasteiger partial charge is 0.262 e. The second kappa shape index (κ2) is 8.06. The minimum absolute atomic E-state index is 0.0217. The number of thioether (sulfide) groups is 1. The summed E-state index contributed by atoms with van der Waals surface area (Å²) in [6.45, 7) is 2.61. The van der Waals surface area contributed by atoms with Gasteiger partial charge in [-0.1, -0.05) is 54.2 Å². The molecule has 0 bridgehead atoms. The predicted octanol–water partition coefficient (Wildman–Crippen LogP) is 4.70. The summed E-state index contributed by atoms with van der Waals surface area (Å²) in [6, 6.07) is 17.8. The Bertz CT molecular complexity index is 1120. The van der Waals surface area contributed by atoms with Crippen LogP contribution in [0.2, 0.25) is 0 Å². The second-order valence-corrected chi connectivity index (χ2v) is 8.26. The Morgan fingerprint density at radius 2 is 1.81 bits per heavy atom. The quantitative estimate of drug-likeness (QED) is 0.352. The van der Waals surface area contributed by atoms with Gasteiger partial charge in [-0.2, -0.15) is 0 Å². The van der Waals surface area contributed by atoms with Gasteiger partial charge in [-0.15, -0.1) is 11.3 Å². The maximum Gasteiger partial charge on any atom is 0.262 e. The zero-order valence-corrected chi connectivity index (χ0v) is 16.6. The van der Waals surface area contributed by atoms with Crippen LogP contribution >= 0.6 is 23.1 Å². The first-order valence-electron chi connectivity index (χ1n) is 8.78. The summed E-state index contributed by atoms with van der Waals surface area (Å²) >= 11 is 3.22. The van der Waals surface area contributed by atoms with Crippen LogP contribution in [-0.2, 0) is 18.7 Å². The average molecular weight is 394 g/mol. The zero-order valence-electron chi connectivity index (χ0n) is 15.0. The van der Waals surface area contributed by atoms with Crippen LogP contribution in [0, 0.1) is 6.92 Å². The van der Waals surface area contributed by atoms with Gasteiger partial charge in [0.25, 0.3) is 5.56 Å². The van der Waals surface area contributed by atoms with Crippen LogP contribution in [0.25, 0.3) is 10.9 Å². The first-order chi connectivity index (χ1) is 13.2. The highest BCUT2D eigenvalue weighted by Gasteiger charge is 2.12. The van der Waals surface area contributed by atoms with Crippen LogP contribution in [0.15, 0.2) is 69.9 Å². The van der Waals surface area contributed by atoms with E-state index in [1.807, 2.05) is 49.4 Å². The van der Waals surface area contributed by atoms with Gasteiger partial charge in [0.1, 0.15) is 0 Å². The second-order valence-electron chi connectivity index (χ2n) is 6.25. The van der Waals surface area contributed by atoms with Crippen molar-refractivity contribution in [3.05, 3.63) is 86.6 Å². The van der Waals surface area contributed by atoms with Gasteiger partial charge in [0.2, 0.25) is 0 Å². The fourth-order valence-electron chi connectivity index (χ4n) is 2.95. The van der Waals surface area contributed by atoms with Gasteiger partial charge >= 0.3 is 0 Å². The molecule has 0 saturated heterocycles. The van der Waals surface area contributed by atoms with Crippen LogP contribution in [0.4, 0.5) is 0 Å². The highest BCUT2D eigenvalue weighted by atomic mass is 32.2. The lowest BCUT2D eigenvalue weighted by Gasteiger charge is -2.13. The molecule has 0 aliphatic carbocycles. The Balaban J connectivity index is 1.67. The van der Waals surface area contributed by atoms with Gasteiger partial charge in [0.15, 0.2) is 5.16 Å². The molecule has 0 N–H and O–H groups in total. The summed E-state index contributed by atoms with van der Waals surface area (Å²) in [6.07, 6.45) is 0.796. The molecule has 2 aromatic heterocycles. The Morgan fingerprint density at radius 1 is 1.04 bits per heavy atom. The van der Waals surface area contributed by atoms with Crippen molar-refractivity contribution in [2.24, 2.45) is 0 Å². The van der Waals surface area contributed by atoms with Gasteiger partial charge < -0.3 is 0 Å². The van der Waals surface area contributed by atoms with Crippen molar-refractivity contribution in [1.29, 1.82) is 0 Å². The Labute approximate surface area is 165 Å². The Morgan fingerprint density at radius 3 is 2.59 bits per heavy atom. The molecule has 0 aliphatic heterocycles. The summed E-state index contributed by atoms with van der Waals surface area (Å²) in [5.74, 6) is 0.709. The zero-order chi connectivity index (χ0) is 18.6. The van der Waals surface area contributed by atoms with E-state index in [-0.39, 0.29) is 5.56 Å². The van der Waals surface area contributed by atoms with E-state index < -0.39 is 0 Å². The van der Waals surface area contributed by atoms with E-state index in [0.29, 0.717) is 17.7 Å². The van der Waals surface area contributed by atoms with E-state index in [1.165, 1.54) is 5.56 Å². The number of benzene rings is 2. The molecule has 0 saturated carbocycles. The molecule has 0 radical (unpaired) electrons. The molecular weight excluding hydrogens is 374 g/mol. The lowest BCUT2D eigenvalue weighted by molar-refractivity contribution is 0.595. The molecule has 0 atom stereocenters. The molecule has 0 fully saturated rings. The molecule has 4 aromatic rings. The third-order valence-corrected chi connectivity index (χ3v) is 6.14. The van der Waals surface area contributed by atoms with Crippen LogP contribution in [0.5, 0.6) is 0 Å². The van der Waals surface area contributed by atoms with E-state index in [1.54, 1.807) is 27.7 Å². The molecule has 27 heavy (non-hydrogen) atoms. The van der Waals surface area contributed by atoms with Crippen molar-refractivity contribution in [2.75, 3.05) is 0 Å². The number of fused-ring (bicyclic) bond motifs is 1. The predicted molar refractivity (Wildman–Crippen MR) is 113 cm³/mol. The van der Waals surface area contributed by atoms with Crippen LogP contribution in [-0.4, -0.2) is 14.5 Å². The molecule has 6 heteroatoms. The van der Waals surface area contributed by atoms with Crippen molar-refractivity contribution in [3.63, 3.8) is 0 Å². The molecule has 4 nitrogen and oxygen atoms in total. The van der Waals surface area contributed by atoms with Crippen molar-refractivity contribution >= 4 is 34.0 Å². The van der Waals surface area contributed by atoms with E-state index in [4.69, 9.17) is 4.98 Å². The standard InChI is InChI=1S/C21H19N3OS2/c1-15-22-17(13-26-15)14-27-21-23-19-10-6-5-9-18(19)20(25)24(21)12-11-16-7-3-2-4-8-16/h2-10,13H,11-12,14H2,1H3.